The smallest absolute Gasteiger partial charge is 0.407 e. The van der Waals surface area contributed by atoms with Gasteiger partial charge in [-0.25, -0.2) is 4.79 Å². The van der Waals surface area contributed by atoms with Gasteiger partial charge in [-0.2, -0.15) is 0 Å². The van der Waals surface area contributed by atoms with Crippen LogP contribution in [0.25, 0.3) is 0 Å². The van der Waals surface area contributed by atoms with E-state index in [1.165, 1.54) is 38.5 Å². The van der Waals surface area contributed by atoms with E-state index in [4.69, 9.17) is 14.2 Å². The molecule has 32 heavy (non-hydrogen) atoms. The molecule has 182 valence electrons. The standard InChI is InChI=1S/C27H45NO4/c1-23(2,3)32-22(29)28-19-9-11-24(4)18(17-19)7-8-21-20(24)10-12-26(6)25(21,5)13-14-27(26)30-15-16-31-27/h18-21H,7-17H2,1-6H3,(H,28,29)/t18?,19-,20?,21+,24-,25-,26-/m0/s1. The van der Waals surface area contributed by atoms with Gasteiger partial charge in [0.25, 0.3) is 0 Å². The molecule has 1 saturated heterocycles. The first-order valence-electron chi connectivity index (χ1n) is 13.2. The lowest BCUT2D eigenvalue weighted by molar-refractivity contribution is -0.267. The molecular weight excluding hydrogens is 402 g/mol. The predicted octanol–water partition coefficient (Wildman–Crippen LogP) is 6.06. The second-order valence-corrected chi connectivity index (χ2v) is 13.3. The van der Waals surface area contributed by atoms with E-state index in [9.17, 15) is 4.79 Å². The molecule has 1 amide bonds. The molecule has 0 radical (unpaired) electrons. The van der Waals surface area contributed by atoms with Gasteiger partial charge >= 0.3 is 6.09 Å². The first-order chi connectivity index (χ1) is 14.9. The van der Waals surface area contributed by atoms with Gasteiger partial charge < -0.3 is 19.5 Å². The Morgan fingerprint density at radius 3 is 2.31 bits per heavy atom. The quantitative estimate of drug-likeness (QED) is 0.531. The molecule has 1 heterocycles. The zero-order valence-corrected chi connectivity index (χ0v) is 21.2. The molecule has 1 spiro atoms. The SMILES string of the molecule is CC(C)(C)OC(=O)N[C@H]1CC[C@@]2(C)C(CC[C@@H]3C2CC[C@]2(C)C4(CC[C@@]32C)OCCO4)C1. The molecule has 2 unspecified atom stereocenters. The number of carbonyl (C=O) groups excluding carboxylic acids is 1. The lowest BCUT2D eigenvalue weighted by Gasteiger charge is -2.65. The van der Waals surface area contributed by atoms with E-state index in [2.05, 4.69) is 26.1 Å². The zero-order valence-electron chi connectivity index (χ0n) is 21.2. The van der Waals surface area contributed by atoms with Gasteiger partial charge in [-0.05, 0) is 101 Å². The molecule has 0 bridgehead atoms. The summed E-state index contributed by atoms with van der Waals surface area (Å²) in [6.45, 7) is 14.9. The van der Waals surface area contributed by atoms with Crippen molar-refractivity contribution in [1.29, 1.82) is 0 Å². The van der Waals surface area contributed by atoms with Crippen molar-refractivity contribution in [2.45, 2.75) is 117 Å². The number of nitrogens with one attached hydrogen (secondary N) is 1. The van der Waals surface area contributed by atoms with Gasteiger partial charge in [-0.1, -0.05) is 20.8 Å². The van der Waals surface area contributed by atoms with Crippen molar-refractivity contribution in [3.63, 3.8) is 0 Å². The summed E-state index contributed by atoms with van der Waals surface area (Å²) >= 11 is 0. The largest absolute Gasteiger partial charge is 0.444 e. The average Bonchev–Trinajstić information content (AvgIpc) is 3.26. The van der Waals surface area contributed by atoms with Crippen molar-refractivity contribution in [3.8, 4) is 0 Å². The third-order valence-electron chi connectivity index (χ3n) is 11.0. The monoisotopic (exact) mass is 447 g/mol. The molecule has 5 aliphatic rings. The van der Waals surface area contributed by atoms with Crippen LogP contribution in [-0.4, -0.2) is 36.7 Å². The highest BCUT2D eigenvalue weighted by molar-refractivity contribution is 5.68. The predicted molar refractivity (Wildman–Crippen MR) is 124 cm³/mol. The van der Waals surface area contributed by atoms with Gasteiger partial charge in [0.2, 0.25) is 0 Å². The molecule has 0 aromatic rings. The van der Waals surface area contributed by atoms with Gasteiger partial charge in [0, 0.05) is 17.9 Å². The fraction of sp³-hybridized carbons (Fsp3) is 0.963. The minimum absolute atomic E-state index is 0.121. The molecular formula is C27H45NO4. The number of hydrogen-bond acceptors (Lipinski definition) is 4. The third-order valence-corrected chi connectivity index (χ3v) is 11.0. The van der Waals surface area contributed by atoms with Gasteiger partial charge in [0.05, 0.1) is 13.2 Å². The Bertz CT molecular complexity index is 755. The number of ether oxygens (including phenoxy) is 3. The van der Waals surface area contributed by atoms with E-state index in [1.54, 1.807) is 0 Å². The third kappa shape index (κ3) is 3.20. The summed E-state index contributed by atoms with van der Waals surface area (Å²) in [5.41, 5.74) is 0.351. The Morgan fingerprint density at radius 1 is 0.906 bits per heavy atom. The molecule has 5 rings (SSSR count). The van der Waals surface area contributed by atoms with Crippen LogP contribution in [0.5, 0.6) is 0 Å². The summed E-state index contributed by atoms with van der Waals surface area (Å²) in [7, 11) is 0. The van der Waals surface area contributed by atoms with E-state index in [0.29, 0.717) is 16.7 Å². The molecule has 4 saturated carbocycles. The number of carbonyl (C=O) groups is 1. The van der Waals surface area contributed by atoms with Gasteiger partial charge in [-0.3, -0.25) is 0 Å². The van der Waals surface area contributed by atoms with Crippen LogP contribution in [0, 0.1) is 34.0 Å². The van der Waals surface area contributed by atoms with E-state index < -0.39 is 5.60 Å². The van der Waals surface area contributed by atoms with Crippen molar-refractivity contribution in [1.82, 2.24) is 5.32 Å². The molecule has 4 aliphatic carbocycles. The average molecular weight is 448 g/mol. The second kappa shape index (κ2) is 7.34. The summed E-state index contributed by atoms with van der Waals surface area (Å²) < 4.78 is 18.3. The number of amides is 1. The van der Waals surface area contributed by atoms with E-state index >= 15 is 0 Å². The van der Waals surface area contributed by atoms with Crippen LogP contribution in [0.2, 0.25) is 0 Å². The van der Waals surface area contributed by atoms with Crippen LogP contribution < -0.4 is 5.32 Å². The first kappa shape index (κ1) is 23.0. The summed E-state index contributed by atoms with van der Waals surface area (Å²) in [5, 5.41) is 3.19. The Kier molecular flexibility index (Phi) is 5.27. The maximum atomic E-state index is 12.4. The molecule has 5 heteroatoms. The van der Waals surface area contributed by atoms with E-state index in [1.807, 2.05) is 20.8 Å². The molecule has 5 fully saturated rings. The summed E-state index contributed by atoms with van der Waals surface area (Å²) in [6.07, 6.45) is 10.5. The number of alkyl carbamates (subject to hydrolysis) is 1. The van der Waals surface area contributed by atoms with Crippen LogP contribution in [0.15, 0.2) is 0 Å². The molecule has 1 N–H and O–H groups in total. The van der Waals surface area contributed by atoms with E-state index in [0.717, 1.165) is 44.3 Å². The Hall–Kier alpha value is -0.810. The summed E-state index contributed by atoms with van der Waals surface area (Å²) in [6, 6.07) is 0.249. The number of rotatable bonds is 1. The topological polar surface area (TPSA) is 56.8 Å². The number of hydrogen-bond donors (Lipinski definition) is 1. The fourth-order valence-electron chi connectivity index (χ4n) is 9.14. The Balaban J connectivity index is 1.31. The molecule has 1 aliphatic heterocycles. The van der Waals surface area contributed by atoms with Crippen molar-refractivity contribution in [2.75, 3.05) is 13.2 Å². The van der Waals surface area contributed by atoms with Crippen LogP contribution in [0.1, 0.15) is 99.3 Å². The lowest BCUT2D eigenvalue weighted by Crippen LogP contribution is -2.61. The molecule has 0 aromatic heterocycles. The number of fused-ring (bicyclic) bond motifs is 6. The van der Waals surface area contributed by atoms with Gasteiger partial charge in [0.1, 0.15) is 5.60 Å². The fourth-order valence-corrected chi connectivity index (χ4v) is 9.14. The minimum atomic E-state index is -0.444. The Morgan fingerprint density at radius 2 is 1.62 bits per heavy atom. The van der Waals surface area contributed by atoms with Gasteiger partial charge in [-0.15, -0.1) is 0 Å². The highest BCUT2D eigenvalue weighted by Gasteiger charge is 2.72. The minimum Gasteiger partial charge on any atom is -0.444 e. The lowest BCUT2D eigenvalue weighted by atomic mass is 9.41. The maximum absolute atomic E-state index is 12.4. The highest BCUT2D eigenvalue weighted by Crippen LogP contribution is 2.74. The molecule has 7 atom stereocenters. The summed E-state index contributed by atoms with van der Waals surface area (Å²) in [5.74, 6) is 1.89. The van der Waals surface area contributed by atoms with Crippen molar-refractivity contribution in [2.24, 2.45) is 34.0 Å². The summed E-state index contributed by atoms with van der Waals surface area (Å²) in [4.78, 5) is 12.4. The van der Waals surface area contributed by atoms with Crippen molar-refractivity contribution in [3.05, 3.63) is 0 Å². The Labute approximate surface area is 194 Å². The second-order valence-electron chi connectivity index (χ2n) is 13.3. The van der Waals surface area contributed by atoms with Crippen LogP contribution in [0.4, 0.5) is 4.79 Å². The maximum Gasteiger partial charge on any atom is 0.407 e. The van der Waals surface area contributed by atoms with Crippen LogP contribution in [0.3, 0.4) is 0 Å². The molecule has 5 nitrogen and oxygen atoms in total. The van der Waals surface area contributed by atoms with E-state index in [-0.39, 0.29) is 23.3 Å². The van der Waals surface area contributed by atoms with Crippen LogP contribution in [-0.2, 0) is 14.2 Å². The first-order valence-corrected chi connectivity index (χ1v) is 13.2. The highest BCUT2D eigenvalue weighted by atomic mass is 16.7. The van der Waals surface area contributed by atoms with Crippen molar-refractivity contribution >= 4 is 6.09 Å². The zero-order chi connectivity index (χ0) is 23.0. The van der Waals surface area contributed by atoms with Crippen molar-refractivity contribution < 1.29 is 19.0 Å². The molecule has 0 aromatic carbocycles. The van der Waals surface area contributed by atoms with Gasteiger partial charge in [0.15, 0.2) is 5.79 Å². The van der Waals surface area contributed by atoms with Crippen LogP contribution >= 0.6 is 0 Å². The normalized spacial score (nSPS) is 47.4.